The highest BCUT2D eigenvalue weighted by Gasteiger charge is 2.37. The molecule has 1 aliphatic carbocycles. The molecule has 0 spiro atoms. The fourth-order valence-corrected chi connectivity index (χ4v) is 4.47. The summed E-state index contributed by atoms with van der Waals surface area (Å²) in [5.41, 5.74) is 2.80. The van der Waals surface area contributed by atoms with Crippen LogP contribution in [0, 0.1) is 0 Å². The average Bonchev–Trinajstić information content (AvgIpc) is 3.17. The van der Waals surface area contributed by atoms with Crippen molar-refractivity contribution in [2.75, 3.05) is 19.6 Å². The largest absolute Gasteiger partial charge is 0.444 e. The van der Waals surface area contributed by atoms with Gasteiger partial charge in [0.05, 0.1) is 6.54 Å². The molecule has 166 valence electrons. The molecule has 1 fully saturated rings. The van der Waals surface area contributed by atoms with Crippen molar-refractivity contribution in [2.24, 2.45) is 7.05 Å². The van der Waals surface area contributed by atoms with E-state index in [1.807, 2.05) is 49.5 Å². The predicted molar refractivity (Wildman–Crippen MR) is 118 cm³/mol. The Hall–Kier alpha value is -2.83. The highest BCUT2D eigenvalue weighted by molar-refractivity contribution is 5.95. The van der Waals surface area contributed by atoms with Gasteiger partial charge < -0.3 is 19.1 Å². The van der Waals surface area contributed by atoms with Crippen LogP contribution in [-0.4, -0.2) is 56.6 Å². The molecule has 2 heterocycles. The number of hydrogen-bond donors (Lipinski definition) is 0. The first-order valence-corrected chi connectivity index (χ1v) is 11.1. The fourth-order valence-electron chi connectivity index (χ4n) is 4.47. The van der Waals surface area contributed by atoms with Crippen LogP contribution in [-0.2, 0) is 24.6 Å². The van der Waals surface area contributed by atoms with Crippen LogP contribution in [0.1, 0.15) is 67.0 Å². The number of fused-ring (bicyclic) bond motifs is 1. The number of aromatic nitrogens is 2. The molecule has 7 heteroatoms. The Morgan fingerprint density at radius 3 is 2.52 bits per heavy atom. The van der Waals surface area contributed by atoms with Gasteiger partial charge in [-0.1, -0.05) is 6.07 Å². The van der Waals surface area contributed by atoms with Crippen LogP contribution in [0.3, 0.4) is 0 Å². The first-order valence-electron chi connectivity index (χ1n) is 11.1. The van der Waals surface area contributed by atoms with E-state index in [-0.39, 0.29) is 18.0 Å². The third-order valence-corrected chi connectivity index (χ3v) is 6.04. The Bertz CT molecular complexity index is 975. The second-order valence-electron chi connectivity index (χ2n) is 9.53. The van der Waals surface area contributed by atoms with E-state index in [0.717, 1.165) is 18.7 Å². The van der Waals surface area contributed by atoms with Crippen molar-refractivity contribution >= 4 is 12.0 Å². The van der Waals surface area contributed by atoms with Crippen molar-refractivity contribution in [3.8, 4) is 0 Å². The van der Waals surface area contributed by atoms with Crippen LogP contribution < -0.4 is 0 Å². The van der Waals surface area contributed by atoms with Gasteiger partial charge >= 0.3 is 6.09 Å². The van der Waals surface area contributed by atoms with Gasteiger partial charge in [0.1, 0.15) is 17.5 Å². The van der Waals surface area contributed by atoms with Crippen LogP contribution in [0.2, 0.25) is 0 Å². The number of benzene rings is 1. The number of hydrogen-bond acceptors (Lipinski definition) is 4. The van der Waals surface area contributed by atoms with Crippen molar-refractivity contribution in [1.82, 2.24) is 19.4 Å². The first kappa shape index (κ1) is 21.4. The Balaban J connectivity index is 1.60. The molecule has 0 radical (unpaired) electrons. The number of carbonyl (C=O) groups is 2. The third kappa shape index (κ3) is 4.60. The molecule has 1 aromatic carbocycles. The molecule has 1 aliphatic heterocycles. The van der Waals surface area contributed by atoms with Gasteiger partial charge in [-0.25, -0.2) is 9.78 Å². The number of rotatable bonds is 2. The van der Waals surface area contributed by atoms with Crippen molar-refractivity contribution < 1.29 is 14.3 Å². The standard InChI is InChI=1S/C24H32N4O3/c1-24(2,3)31-23(30)27-13-14-28(20(16-27)21-25-11-12-26(21)4)22(29)19-10-9-17-7-5-6-8-18(17)15-19/h9-12,15,20H,5-8,13-14,16H2,1-4H3/t20-/m0/s1. The fraction of sp³-hybridized carbons (Fsp3) is 0.542. The Labute approximate surface area is 184 Å². The maximum Gasteiger partial charge on any atom is 0.410 e. The number of aryl methyl sites for hydroxylation is 3. The van der Waals surface area contributed by atoms with Gasteiger partial charge in [0.2, 0.25) is 0 Å². The summed E-state index contributed by atoms with van der Waals surface area (Å²) in [5, 5.41) is 0. The lowest BCUT2D eigenvalue weighted by Crippen LogP contribution is -2.53. The summed E-state index contributed by atoms with van der Waals surface area (Å²) in [4.78, 5) is 34.3. The molecular weight excluding hydrogens is 392 g/mol. The number of amides is 2. The Morgan fingerprint density at radius 2 is 1.84 bits per heavy atom. The van der Waals surface area contributed by atoms with Gasteiger partial charge in [-0.15, -0.1) is 0 Å². The minimum Gasteiger partial charge on any atom is -0.444 e. The van der Waals surface area contributed by atoms with Crippen LogP contribution in [0.25, 0.3) is 0 Å². The van der Waals surface area contributed by atoms with Gasteiger partial charge in [-0.2, -0.15) is 0 Å². The van der Waals surface area contributed by atoms with Gasteiger partial charge in [0, 0.05) is 38.1 Å². The summed E-state index contributed by atoms with van der Waals surface area (Å²) in [6, 6.07) is 5.79. The van der Waals surface area contributed by atoms with Crippen molar-refractivity contribution in [3.63, 3.8) is 0 Å². The van der Waals surface area contributed by atoms with Crippen LogP contribution >= 0.6 is 0 Å². The lowest BCUT2D eigenvalue weighted by Gasteiger charge is -2.41. The molecule has 0 bridgehead atoms. The zero-order chi connectivity index (χ0) is 22.2. The van der Waals surface area contributed by atoms with Gasteiger partial charge in [0.15, 0.2) is 0 Å². The monoisotopic (exact) mass is 424 g/mol. The molecule has 4 rings (SSSR count). The molecule has 7 nitrogen and oxygen atoms in total. The predicted octanol–water partition coefficient (Wildman–Crippen LogP) is 3.73. The normalized spacial score (nSPS) is 19.2. The first-order chi connectivity index (χ1) is 14.7. The maximum atomic E-state index is 13.6. The van der Waals surface area contributed by atoms with E-state index in [1.165, 1.54) is 24.0 Å². The van der Waals surface area contributed by atoms with E-state index in [4.69, 9.17) is 4.74 Å². The second-order valence-corrected chi connectivity index (χ2v) is 9.53. The van der Waals surface area contributed by atoms with Crippen molar-refractivity contribution in [1.29, 1.82) is 0 Å². The molecular formula is C24H32N4O3. The lowest BCUT2D eigenvalue weighted by molar-refractivity contribution is 0.00291. The smallest absolute Gasteiger partial charge is 0.410 e. The summed E-state index contributed by atoms with van der Waals surface area (Å²) in [5.74, 6) is 0.754. The third-order valence-electron chi connectivity index (χ3n) is 6.04. The van der Waals surface area contributed by atoms with E-state index >= 15 is 0 Å². The molecule has 1 atom stereocenters. The molecule has 1 saturated heterocycles. The minimum atomic E-state index is -0.564. The second kappa shape index (κ2) is 8.36. The van der Waals surface area contributed by atoms with E-state index in [1.54, 1.807) is 11.1 Å². The van der Waals surface area contributed by atoms with Crippen LogP contribution in [0.5, 0.6) is 0 Å². The molecule has 0 N–H and O–H groups in total. The summed E-state index contributed by atoms with van der Waals surface area (Å²) in [6.45, 7) is 6.81. The highest BCUT2D eigenvalue weighted by atomic mass is 16.6. The number of nitrogens with zero attached hydrogens (tertiary/aromatic N) is 4. The molecule has 2 aromatic rings. The van der Waals surface area contributed by atoms with E-state index < -0.39 is 5.60 Å². The zero-order valence-electron chi connectivity index (χ0n) is 18.9. The number of piperazine rings is 1. The SMILES string of the molecule is Cn1ccnc1[C@@H]1CN(C(=O)OC(C)(C)C)CCN1C(=O)c1ccc2c(c1)CCCC2. The van der Waals surface area contributed by atoms with Gasteiger partial charge in [0.25, 0.3) is 5.91 Å². The molecule has 2 amide bonds. The number of carbonyl (C=O) groups excluding carboxylic acids is 2. The topological polar surface area (TPSA) is 67.7 Å². The summed E-state index contributed by atoms with van der Waals surface area (Å²) >= 11 is 0. The average molecular weight is 425 g/mol. The summed E-state index contributed by atoms with van der Waals surface area (Å²) in [6.07, 6.45) is 7.75. The molecule has 0 unspecified atom stereocenters. The highest BCUT2D eigenvalue weighted by Crippen LogP contribution is 2.29. The zero-order valence-corrected chi connectivity index (χ0v) is 18.9. The molecule has 2 aliphatic rings. The quantitative estimate of drug-likeness (QED) is 0.737. The van der Waals surface area contributed by atoms with Crippen LogP contribution in [0.4, 0.5) is 4.79 Å². The van der Waals surface area contributed by atoms with Crippen molar-refractivity contribution in [3.05, 3.63) is 53.1 Å². The van der Waals surface area contributed by atoms with E-state index in [9.17, 15) is 9.59 Å². The summed E-state index contributed by atoms with van der Waals surface area (Å²) < 4.78 is 7.49. The number of ether oxygens (including phenoxy) is 1. The Morgan fingerprint density at radius 1 is 1.10 bits per heavy atom. The minimum absolute atomic E-state index is 0.00906. The van der Waals surface area contributed by atoms with E-state index in [0.29, 0.717) is 25.2 Å². The number of imidazole rings is 1. The molecule has 31 heavy (non-hydrogen) atoms. The van der Waals surface area contributed by atoms with Gasteiger partial charge in [-0.05, 0) is 69.7 Å². The van der Waals surface area contributed by atoms with Gasteiger partial charge in [-0.3, -0.25) is 4.79 Å². The Kier molecular flexibility index (Phi) is 5.77. The van der Waals surface area contributed by atoms with Crippen LogP contribution in [0.15, 0.2) is 30.6 Å². The summed E-state index contributed by atoms with van der Waals surface area (Å²) in [7, 11) is 1.91. The molecule has 1 aromatic heterocycles. The van der Waals surface area contributed by atoms with E-state index in [2.05, 4.69) is 17.1 Å². The maximum absolute atomic E-state index is 13.6. The molecule has 0 saturated carbocycles. The lowest BCUT2D eigenvalue weighted by atomic mass is 9.90. The van der Waals surface area contributed by atoms with Crippen molar-refractivity contribution in [2.45, 2.75) is 58.1 Å².